The van der Waals surface area contributed by atoms with Crippen molar-refractivity contribution in [1.82, 2.24) is 10.6 Å². The summed E-state index contributed by atoms with van der Waals surface area (Å²) in [4.78, 5) is 11.9. The Kier molecular flexibility index (Phi) is 8.01. The molecule has 0 aliphatic heterocycles. The van der Waals surface area contributed by atoms with Crippen LogP contribution in [-0.4, -0.2) is 39.3 Å². The molecule has 4 heteroatoms. The maximum absolute atomic E-state index is 11.9. The van der Waals surface area contributed by atoms with Gasteiger partial charge in [-0.05, 0) is 12.8 Å². The van der Waals surface area contributed by atoms with E-state index in [-0.39, 0.29) is 11.8 Å². The molecular weight excluding hydrogens is 216 g/mol. The molecule has 0 heterocycles. The molecule has 0 bridgehead atoms. The van der Waals surface area contributed by atoms with Crippen LogP contribution in [-0.2, 0) is 9.53 Å². The van der Waals surface area contributed by atoms with Gasteiger partial charge in [-0.3, -0.25) is 4.79 Å². The predicted molar refractivity (Wildman–Crippen MR) is 68.9 cm³/mol. The average Bonchev–Trinajstić information content (AvgIpc) is 2.62. The first-order valence-electron chi connectivity index (χ1n) is 6.82. The Morgan fingerprint density at radius 2 is 1.82 bits per heavy atom. The van der Waals surface area contributed by atoms with Crippen molar-refractivity contribution in [3.63, 3.8) is 0 Å². The van der Waals surface area contributed by atoms with Gasteiger partial charge in [-0.15, -0.1) is 0 Å². The fourth-order valence-electron chi connectivity index (χ4n) is 2.26. The summed E-state index contributed by atoms with van der Waals surface area (Å²) in [5.41, 5.74) is 0. The molecule has 0 spiro atoms. The fraction of sp³-hybridized carbons (Fsp3) is 0.923. The molecule has 0 aromatic heterocycles. The Bertz CT molecular complexity index is 202. The molecule has 0 aromatic rings. The summed E-state index contributed by atoms with van der Waals surface area (Å²) in [6, 6.07) is 0. The van der Waals surface area contributed by atoms with Crippen molar-refractivity contribution in [3.8, 4) is 0 Å². The van der Waals surface area contributed by atoms with Crippen LogP contribution >= 0.6 is 0 Å². The second-order valence-electron chi connectivity index (χ2n) is 4.72. The van der Waals surface area contributed by atoms with Crippen molar-refractivity contribution in [2.45, 2.75) is 38.5 Å². The second-order valence-corrected chi connectivity index (χ2v) is 4.72. The molecule has 0 saturated heterocycles. The van der Waals surface area contributed by atoms with Crippen LogP contribution in [0, 0.1) is 5.92 Å². The summed E-state index contributed by atoms with van der Waals surface area (Å²) in [7, 11) is 1.69. The van der Waals surface area contributed by atoms with E-state index in [4.69, 9.17) is 4.74 Å². The van der Waals surface area contributed by atoms with Crippen LogP contribution in [0.2, 0.25) is 0 Å². The third-order valence-corrected chi connectivity index (χ3v) is 3.31. The molecule has 0 unspecified atom stereocenters. The largest absolute Gasteiger partial charge is 0.383 e. The van der Waals surface area contributed by atoms with Crippen molar-refractivity contribution in [3.05, 3.63) is 0 Å². The minimum absolute atomic E-state index is 0.250. The van der Waals surface area contributed by atoms with Gasteiger partial charge in [-0.1, -0.05) is 25.7 Å². The van der Waals surface area contributed by atoms with Gasteiger partial charge in [-0.2, -0.15) is 0 Å². The number of amides is 1. The summed E-state index contributed by atoms with van der Waals surface area (Å²) >= 11 is 0. The Hall–Kier alpha value is -0.610. The van der Waals surface area contributed by atoms with Crippen molar-refractivity contribution >= 4 is 5.91 Å². The first kappa shape index (κ1) is 14.5. The highest BCUT2D eigenvalue weighted by Gasteiger charge is 2.19. The first-order valence-corrected chi connectivity index (χ1v) is 6.82. The van der Waals surface area contributed by atoms with Crippen LogP contribution in [0.5, 0.6) is 0 Å². The molecule has 0 aromatic carbocycles. The summed E-state index contributed by atoms with van der Waals surface area (Å²) in [6.07, 6.45) is 7.16. The molecule has 4 nitrogen and oxygen atoms in total. The summed E-state index contributed by atoms with van der Waals surface area (Å²) in [5.74, 6) is 0.511. The SMILES string of the molecule is COCCNCCNC(=O)C1CCCCCC1. The molecule has 2 N–H and O–H groups in total. The normalized spacial score (nSPS) is 17.7. The highest BCUT2D eigenvalue weighted by Crippen LogP contribution is 2.22. The average molecular weight is 242 g/mol. The van der Waals surface area contributed by atoms with Crippen LogP contribution in [0.1, 0.15) is 38.5 Å². The van der Waals surface area contributed by atoms with Gasteiger partial charge in [0.15, 0.2) is 0 Å². The van der Waals surface area contributed by atoms with Gasteiger partial charge in [0, 0.05) is 32.7 Å². The Labute approximate surface area is 104 Å². The number of hydrogen-bond acceptors (Lipinski definition) is 3. The van der Waals surface area contributed by atoms with Gasteiger partial charge in [0.1, 0.15) is 0 Å². The topological polar surface area (TPSA) is 50.4 Å². The lowest BCUT2D eigenvalue weighted by atomic mass is 9.99. The number of rotatable bonds is 7. The molecule has 0 radical (unpaired) electrons. The zero-order valence-electron chi connectivity index (χ0n) is 11.0. The van der Waals surface area contributed by atoms with Crippen LogP contribution in [0.3, 0.4) is 0 Å². The molecule has 1 amide bonds. The lowest BCUT2D eigenvalue weighted by Gasteiger charge is -2.14. The molecule has 0 atom stereocenters. The van der Waals surface area contributed by atoms with Crippen LogP contribution in [0.25, 0.3) is 0 Å². The van der Waals surface area contributed by atoms with Crippen molar-refractivity contribution in [2.75, 3.05) is 33.4 Å². The van der Waals surface area contributed by atoms with Crippen molar-refractivity contribution < 1.29 is 9.53 Å². The fourth-order valence-corrected chi connectivity index (χ4v) is 2.26. The summed E-state index contributed by atoms with van der Waals surface area (Å²) < 4.78 is 4.93. The Morgan fingerprint density at radius 1 is 1.12 bits per heavy atom. The molecular formula is C13H26N2O2. The minimum atomic E-state index is 0.250. The second kappa shape index (κ2) is 9.42. The number of hydrogen-bond donors (Lipinski definition) is 2. The maximum Gasteiger partial charge on any atom is 0.223 e. The van der Waals surface area contributed by atoms with Crippen LogP contribution in [0.4, 0.5) is 0 Å². The highest BCUT2D eigenvalue weighted by atomic mass is 16.5. The van der Waals surface area contributed by atoms with Gasteiger partial charge < -0.3 is 15.4 Å². The Morgan fingerprint density at radius 3 is 2.47 bits per heavy atom. The van der Waals surface area contributed by atoms with Crippen LogP contribution in [0.15, 0.2) is 0 Å². The third-order valence-electron chi connectivity index (χ3n) is 3.31. The molecule has 1 saturated carbocycles. The van der Waals surface area contributed by atoms with Crippen LogP contribution < -0.4 is 10.6 Å². The smallest absolute Gasteiger partial charge is 0.223 e. The Balaban J connectivity index is 2.03. The van der Waals surface area contributed by atoms with Gasteiger partial charge >= 0.3 is 0 Å². The number of methoxy groups -OCH3 is 1. The summed E-state index contributed by atoms with van der Waals surface area (Å²) in [6.45, 7) is 3.10. The van der Waals surface area contributed by atoms with Gasteiger partial charge in [0.2, 0.25) is 5.91 Å². The van der Waals surface area contributed by atoms with E-state index in [1.165, 1.54) is 25.7 Å². The predicted octanol–water partition coefficient (Wildman–Crippen LogP) is 1.31. The van der Waals surface area contributed by atoms with E-state index in [0.29, 0.717) is 0 Å². The number of carbonyl (C=O) groups excluding carboxylic acids is 1. The third kappa shape index (κ3) is 6.64. The molecule has 17 heavy (non-hydrogen) atoms. The number of ether oxygens (including phenoxy) is 1. The van der Waals surface area contributed by atoms with E-state index in [1.807, 2.05) is 0 Å². The van der Waals surface area contributed by atoms with Crippen molar-refractivity contribution in [2.24, 2.45) is 5.92 Å². The summed E-state index contributed by atoms with van der Waals surface area (Å²) in [5, 5.41) is 6.23. The molecule has 1 aliphatic rings. The molecule has 100 valence electrons. The van der Waals surface area contributed by atoms with Gasteiger partial charge in [0.25, 0.3) is 0 Å². The number of nitrogens with one attached hydrogen (secondary N) is 2. The van der Waals surface area contributed by atoms with Gasteiger partial charge in [0.05, 0.1) is 6.61 Å². The zero-order valence-corrected chi connectivity index (χ0v) is 11.0. The zero-order chi connectivity index (χ0) is 12.3. The first-order chi connectivity index (χ1) is 8.34. The quantitative estimate of drug-likeness (QED) is 0.523. The standard InChI is InChI=1S/C13H26N2O2/c1-17-11-10-14-8-9-15-13(16)12-6-4-2-3-5-7-12/h12,14H,2-11H2,1H3,(H,15,16). The molecule has 1 fully saturated rings. The van der Waals surface area contributed by atoms with E-state index in [2.05, 4.69) is 10.6 Å². The van der Waals surface area contributed by atoms with E-state index in [9.17, 15) is 4.79 Å². The minimum Gasteiger partial charge on any atom is -0.383 e. The molecule has 1 rings (SSSR count). The van der Waals surface area contributed by atoms with E-state index < -0.39 is 0 Å². The number of carbonyl (C=O) groups is 1. The van der Waals surface area contributed by atoms with E-state index >= 15 is 0 Å². The van der Waals surface area contributed by atoms with E-state index in [0.717, 1.165) is 39.1 Å². The van der Waals surface area contributed by atoms with Crippen molar-refractivity contribution in [1.29, 1.82) is 0 Å². The van der Waals surface area contributed by atoms with E-state index in [1.54, 1.807) is 7.11 Å². The van der Waals surface area contributed by atoms with Gasteiger partial charge in [-0.25, -0.2) is 0 Å². The molecule has 1 aliphatic carbocycles. The maximum atomic E-state index is 11.9. The lowest BCUT2D eigenvalue weighted by molar-refractivity contribution is -0.125. The monoisotopic (exact) mass is 242 g/mol. The highest BCUT2D eigenvalue weighted by molar-refractivity contribution is 5.78. The lowest BCUT2D eigenvalue weighted by Crippen LogP contribution is -2.36.